The number of thiazole rings is 1. The lowest BCUT2D eigenvalue weighted by molar-refractivity contribution is -0.129. The van der Waals surface area contributed by atoms with E-state index in [4.69, 9.17) is 4.74 Å². The van der Waals surface area contributed by atoms with Crippen molar-refractivity contribution in [2.24, 2.45) is 0 Å². The van der Waals surface area contributed by atoms with E-state index in [1.165, 1.54) is 4.88 Å². The second-order valence-electron chi connectivity index (χ2n) is 5.20. The van der Waals surface area contributed by atoms with Gasteiger partial charge in [-0.3, -0.25) is 9.69 Å². The molecule has 0 spiro atoms. The van der Waals surface area contributed by atoms with Crippen molar-refractivity contribution >= 4 is 28.6 Å². The Labute approximate surface area is 137 Å². The summed E-state index contributed by atoms with van der Waals surface area (Å²) < 4.78 is 5.78. The number of carbonyl (C=O) groups is 1. The summed E-state index contributed by atoms with van der Waals surface area (Å²) in [5.41, 5.74) is 0. The molecule has 0 unspecified atom stereocenters. The van der Waals surface area contributed by atoms with Crippen LogP contribution in [0.15, 0.2) is 29.1 Å². The van der Waals surface area contributed by atoms with E-state index in [9.17, 15) is 4.79 Å². The van der Waals surface area contributed by atoms with E-state index in [1.54, 1.807) is 28.9 Å². The van der Waals surface area contributed by atoms with Crippen molar-refractivity contribution in [3.05, 3.63) is 39.0 Å². The molecular weight excluding hydrogens is 318 g/mol. The smallest absolute Gasteiger partial charge is 0.237 e. The second kappa shape index (κ2) is 7.32. The Hall–Kier alpha value is -1.28. The third-order valence-electron chi connectivity index (χ3n) is 3.77. The number of nitrogens with one attached hydrogen (secondary N) is 1. The molecule has 1 saturated heterocycles. The SMILES string of the molecule is C[C@H](C(=O)NCc1cccs1)N1CCO[C@@H](c2nccs2)C1. The number of rotatable bonds is 5. The van der Waals surface area contributed by atoms with Gasteiger partial charge in [-0.25, -0.2) is 4.98 Å². The summed E-state index contributed by atoms with van der Waals surface area (Å²) in [5, 5.41) is 7.96. The second-order valence-corrected chi connectivity index (χ2v) is 7.16. The summed E-state index contributed by atoms with van der Waals surface area (Å²) in [7, 11) is 0. The van der Waals surface area contributed by atoms with Crippen molar-refractivity contribution in [2.75, 3.05) is 19.7 Å². The van der Waals surface area contributed by atoms with Gasteiger partial charge >= 0.3 is 0 Å². The zero-order valence-electron chi connectivity index (χ0n) is 12.4. The van der Waals surface area contributed by atoms with Gasteiger partial charge in [0.15, 0.2) is 0 Å². The molecule has 0 aromatic carbocycles. The van der Waals surface area contributed by atoms with E-state index in [0.717, 1.165) is 11.6 Å². The van der Waals surface area contributed by atoms with E-state index in [0.29, 0.717) is 19.7 Å². The van der Waals surface area contributed by atoms with Gasteiger partial charge in [0.25, 0.3) is 0 Å². The molecule has 118 valence electrons. The highest BCUT2D eigenvalue weighted by molar-refractivity contribution is 7.10. The fraction of sp³-hybridized carbons (Fsp3) is 0.467. The number of ether oxygens (including phenoxy) is 1. The highest BCUT2D eigenvalue weighted by Crippen LogP contribution is 2.24. The first-order chi connectivity index (χ1) is 10.7. The highest BCUT2D eigenvalue weighted by atomic mass is 32.1. The van der Waals surface area contributed by atoms with Gasteiger partial charge in [-0.2, -0.15) is 0 Å². The molecule has 3 rings (SSSR count). The third kappa shape index (κ3) is 3.73. The predicted octanol–water partition coefficient (Wildman–Crippen LogP) is 2.28. The van der Waals surface area contributed by atoms with Crippen LogP contribution in [0.2, 0.25) is 0 Å². The van der Waals surface area contributed by atoms with Gasteiger partial charge in [0.2, 0.25) is 5.91 Å². The molecule has 0 aliphatic carbocycles. The average Bonchev–Trinajstić information content (AvgIpc) is 3.25. The topological polar surface area (TPSA) is 54.5 Å². The van der Waals surface area contributed by atoms with E-state index in [1.807, 2.05) is 29.8 Å². The Morgan fingerprint density at radius 1 is 1.55 bits per heavy atom. The van der Waals surface area contributed by atoms with Crippen molar-refractivity contribution in [1.82, 2.24) is 15.2 Å². The summed E-state index contributed by atoms with van der Waals surface area (Å²) in [5.74, 6) is 0.0631. The van der Waals surface area contributed by atoms with E-state index >= 15 is 0 Å². The molecule has 2 atom stereocenters. The highest BCUT2D eigenvalue weighted by Gasteiger charge is 2.29. The van der Waals surface area contributed by atoms with Crippen LogP contribution in [-0.4, -0.2) is 41.5 Å². The molecule has 5 nitrogen and oxygen atoms in total. The van der Waals surface area contributed by atoms with Crippen molar-refractivity contribution in [2.45, 2.75) is 25.6 Å². The van der Waals surface area contributed by atoms with E-state index in [-0.39, 0.29) is 18.1 Å². The molecule has 0 bridgehead atoms. The zero-order valence-corrected chi connectivity index (χ0v) is 14.0. The first-order valence-electron chi connectivity index (χ1n) is 7.29. The molecule has 7 heteroatoms. The minimum absolute atomic E-state index is 0.0266. The van der Waals surface area contributed by atoms with Crippen LogP contribution in [0.1, 0.15) is 22.9 Å². The minimum Gasteiger partial charge on any atom is -0.368 e. The van der Waals surface area contributed by atoms with Crippen LogP contribution in [-0.2, 0) is 16.1 Å². The molecule has 1 aliphatic heterocycles. The summed E-state index contributed by atoms with van der Waals surface area (Å²) in [6, 6.07) is 3.87. The van der Waals surface area contributed by atoms with Gasteiger partial charge in [0.05, 0.1) is 19.2 Å². The summed E-state index contributed by atoms with van der Waals surface area (Å²) >= 11 is 3.25. The van der Waals surface area contributed by atoms with E-state index < -0.39 is 0 Å². The van der Waals surface area contributed by atoms with Crippen molar-refractivity contribution < 1.29 is 9.53 Å². The lowest BCUT2D eigenvalue weighted by Crippen LogP contribution is -2.50. The molecular formula is C15H19N3O2S2. The first-order valence-corrected chi connectivity index (χ1v) is 9.05. The maximum Gasteiger partial charge on any atom is 0.237 e. The van der Waals surface area contributed by atoms with Crippen molar-refractivity contribution in [3.63, 3.8) is 0 Å². The summed E-state index contributed by atoms with van der Waals surface area (Å²) in [6.45, 7) is 4.67. The number of hydrogen-bond acceptors (Lipinski definition) is 6. The van der Waals surface area contributed by atoms with Crippen molar-refractivity contribution in [3.8, 4) is 0 Å². The minimum atomic E-state index is -0.161. The van der Waals surface area contributed by atoms with Crippen LogP contribution < -0.4 is 5.32 Å². The standard InChI is InChI=1S/C15H19N3O2S2/c1-11(14(19)17-9-12-3-2-7-21-12)18-5-6-20-13(10-18)15-16-4-8-22-15/h2-4,7-8,11,13H,5-6,9-10H2,1H3,(H,17,19)/t11-,13-/m1/s1. The fourth-order valence-corrected chi connectivity index (χ4v) is 3.79. The molecule has 1 N–H and O–H groups in total. The van der Waals surface area contributed by atoms with E-state index in [2.05, 4.69) is 15.2 Å². The van der Waals surface area contributed by atoms with Crippen LogP contribution in [0.25, 0.3) is 0 Å². The Balaban J connectivity index is 1.54. The molecule has 3 heterocycles. The molecule has 2 aromatic heterocycles. The van der Waals surface area contributed by atoms with Crippen LogP contribution in [0.4, 0.5) is 0 Å². The fourth-order valence-electron chi connectivity index (χ4n) is 2.46. The number of thiophene rings is 1. The predicted molar refractivity (Wildman–Crippen MR) is 88.0 cm³/mol. The molecule has 0 saturated carbocycles. The van der Waals surface area contributed by atoms with Crippen molar-refractivity contribution in [1.29, 1.82) is 0 Å². The molecule has 0 radical (unpaired) electrons. The molecule has 1 fully saturated rings. The lowest BCUT2D eigenvalue weighted by atomic mass is 10.2. The van der Waals surface area contributed by atoms with Crippen LogP contribution in [0.3, 0.4) is 0 Å². The van der Waals surface area contributed by atoms with Crippen LogP contribution >= 0.6 is 22.7 Å². The first kappa shape index (κ1) is 15.6. The lowest BCUT2D eigenvalue weighted by Gasteiger charge is -2.35. The average molecular weight is 337 g/mol. The van der Waals surface area contributed by atoms with Gasteiger partial charge in [-0.15, -0.1) is 22.7 Å². The number of nitrogens with zero attached hydrogens (tertiary/aromatic N) is 2. The largest absolute Gasteiger partial charge is 0.368 e. The number of aromatic nitrogens is 1. The van der Waals surface area contributed by atoms with Gasteiger partial charge < -0.3 is 10.1 Å². The number of hydrogen-bond donors (Lipinski definition) is 1. The monoisotopic (exact) mass is 337 g/mol. The Morgan fingerprint density at radius 3 is 3.18 bits per heavy atom. The number of morpholine rings is 1. The normalized spacial score (nSPS) is 20.7. The Bertz CT molecular complexity index is 586. The quantitative estimate of drug-likeness (QED) is 0.909. The third-order valence-corrected chi connectivity index (χ3v) is 5.51. The number of amides is 1. The molecule has 1 aliphatic rings. The van der Waals surface area contributed by atoms with Gasteiger partial charge in [-0.1, -0.05) is 6.07 Å². The summed E-state index contributed by atoms with van der Waals surface area (Å²) in [6.07, 6.45) is 1.76. The Morgan fingerprint density at radius 2 is 2.45 bits per heavy atom. The molecule has 2 aromatic rings. The number of carbonyl (C=O) groups excluding carboxylic acids is 1. The zero-order chi connectivity index (χ0) is 15.4. The summed E-state index contributed by atoms with van der Waals surface area (Å²) in [4.78, 5) is 20.0. The van der Waals surface area contributed by atoms with Gasteiger partial charge in [0, 0.05) is 29.5 Å². The Kier molecular flexibility index (Phi) is 5.20. The van der Waals surface area contributed by atoms with Crippen LogP contribution in [0.5, 0.6) is 0 Å². The molecule has 22 heavy (non-hydrogen) atoms. The van der Waals surface area contributed by atoms with Gasteiger partial charge in [-0.05, 0) is 18.4 Å². The van der Waals surface area contributed by atoms with Gasteiger partial charge in [0.1, 0.15) is 11.1 Å². The van der Waals surface area contributed by atoms with Crippen LogP contribution in [0, 0.1) is 0 Å². The maximum atomic E-state index is 12.3. The maximum absolute atomic E-state index is 12.3. The molecule has 1 amide bonds.